The number of ether oxygens (including phenoxy) is 3. The van der Waals surface area contributed by atoms with Crippen molar-refractivity contribution in [3.05, 3.63) is 58.1 Å². The first-order valence-corrected chi connectivity index (χ1v) is 9.87. The quantitative estimate of drug-likeness (QED) is 0.395. The second-order valence-electron chi connectivity index (χ2n) is 5.78. The maximum atomic E-state index is 12.5. The molecule has 0 radical (unpaired) electrons. The van der Waals surface area contributed by atoms with Crippen LogP contribution in [0.1, 0.15) is 15.2 Å². The molecule has 0 saturated carbocycles. The van der Waals surface area contributed by atoms with E-state index in [4.69, 9.17) is 25.8 Å². The van der Waals surface area contributed by atoms with Crippen LogP contribution in [0.15, 0.2) is 47.6 Å². The number of benzene rings is 2. The Morgan fingerprint density at radius 2 is 1.77 bits per heavy atom. The molecule has 0 fully saturated rings. The Kier molecular flexibility index (Phi) is 7.10. The zero-order chi connectivity index (χ0) is 21.5. The SMILES string of the molecule is COc1cc(C(=O)N/N=C\c2sc(Nc3ccccc3)nc2Cl)cc(OC)c1OC. The van der Waals surface area contributed by atoms with Gasteiger partial charge in [0.1, 0.15) is 0 Å². The first-order valence-electron chi connectivity index (χ1n) is 8.67. The molecule has 156 valence electrons. The smallest absolute Gasteiger partial charge is 0.271 e. The first kappa shape index (κ1) is 21.4. The molecule has 2 aromatic carbocycles. The molecule has 0 bridgehead atoms. The van der Waals surface area contributed by atoms with Gasteiger partial charge in [-0.05, 0) is 24.3 Å². The molecule has 2 N–H and O–H groups in total. The third-order valence-corrected chi connectivity index (χ3v) is 5.22. The van der Waals surface area contributed by atoms with E-state index < -0.39 is 5.91 Å². The van der Waals surface area contributed by atoms with Crippen molar-refractivity contribution >= 4 is 45.9 Å². The predicted octanol–water partition coefficient (Wildman–Crippen LogP) is 4.33. The van der Waals surface area contributed by atoms with Gasteiger partial charge in [-0.15, -0.1) is 0 Å². The van der Waals surface area contributed by atoms with Crippen molar-refractivity contribution in [3.63, 3.8) is 0 Å². The van der Waals surface area contributed by atoms with Crippen LogP contribution in [0.25, 0.3) is 0 Å². The highest BCUT2D eigenvalue weighted by atomic mass is 35.5. The van der Waals surface area contributed by atoms with Crippen LogP contribution in [0.5, 0.6) is 17.2 Å². The van der Waals surface area contributed by atoms with Crippen LogP contribution in [0.2, 0.25) is 5.15 Å². The number of hydrazone groups is 1. The van der Waals surface area contributed by atoms with Crippen molar-refractivity contribution in [3.8, 4) is 17.2 Å². The lowest BCUT2D eigenvalue weighted by Gasteiger charge is -2.13. The lowest BCUT2D eigenvalue weighted by Crippen LogP contribution is -2.18. The van der Waals surface area contributed by atoms with Crippen molar-refractivity contribution in [2.75, 3.05) is 26.6 Å². The highest BCUT2D eigenvalue weighted by Gasteiger charge is 2.17. The number of para-hydroxylation sites is 1. The molecule has 10 heteroatoms. The second-order valence-corrected chi connectivity index (χ2v) is 7.17. The number of carbonyl (C=O) groups excluding carboxylic acids is 1. The van der Waals surface area contributed by atoms with Crippen molar-refractivity contribution in [1.29, 1.82) is 0 Å². The molecule has 3 aromatic rings. The number of nitrogens with zero attached hydrogens (tertiary/aromatic N) is 2. The molecule has 0 aliphatic rings. The van der Waals surface area contributed by atoms with Crippen molar-refractivity contribution in [2.45, 2.75) is 0 Å². The van der Waals surface area contributed by atoms with E-state index in [1.807, 2.05) is 30.3 Å². The number of halogens is 1. The molecule has 0 atom stereocenters. The lowest BCUT2D eigenvalue weighted by atomic mass is 10.1. The summed E-state index contributed by atoms with van der Waals surface area (Å²) in [4.78, 5) is 17.3. The molecule has 3 rings (SSSR count). The maximum Gasteiger partial charge on any atom is 0.271 e. The molecule has 0 aliphatic heterocycles. The van der Waals surface area contributed by atoms with Crippen LogP contribution < -0.4 is 25.0 Å². The van der Waals surface area contributed by atoms with Gasteiger partial charge in [-0.3, -0.25) is 4.79 Å². The molecule has 30 heavy (non-hydrogen) atoms. The average Bonchev–Trinajstić information content (AvgIpc) is 3.11. The Labute approximate surface area is 182 Å². The number of hydrogen-bond donors (Lipinski definition) is 2. The van der Waals surface area contributed by atoms with E-state index in [9.17, 15) is 4.79 Å². The fourth-order valence-corrected chi connectivity index (χ4v) is 3.57. The summed E-state index contributed by atoms with van der Waals surface area (Å²) < 4.78 is 15.8. The maximum absolute atomic E-state index is 12.5. The standard InChI is InChI=1S/C20H19ClN4O4S/c1-27-14-9-12(10-15(28-2)17(14)29-3)19(26)25-22-11-16-18(21)24-20(30-16)23-13-7-5-4-6-8-13/h4-11H,1-3H3,(H,23,24)(H,25,26)/b22-11-. The third-order valence-electron chi connectivity index (χ3n) is 3.91. The van der Waals surface area contributed by atoms with Crippen LogP contribution in [0.3, 0.4) is 0 Å². The Morgan fingerprint density at radius 1 is 1.10 bits per heavy atom. The van der Waals surface area contributed by atoms with Crippen LogP contribution in [0, 0.1) is 0 Å². The number of aromatic nitrogens is 1. The molecule has 0 unspecified atom stereocenters. The van der Waals surface area contributed by atoms with Crippen LogP contribution >= 0.6 is 22.9 Å². The molecular weight excluding hydrogens is 428 g/mol. The summed E-state index contributed by atoms with van der Waals surface area (Å²) in [6.07, 6.45) is 1.44. The second kappa shape index (κ2) is 9.95. The zero-order valence-electron chi connectivity index (χ0n) is 16.4. The fraction of sp³-hybridized carbons (Fsp3) is 0.150. The summed E-state index contributed by atoms with van der Waals surface area (Å²) >= 11 is 7.47. The van der Waals surface area contributed by atoms with Gasteiger partial charge in [-0.1, -0.05) is 41.1 Å². The van der Waals surface area contributed by atoms with Gasteiger partial charge in [0.2, 0.25) is 5.75 Å². The molecule has 0 saturated heterocycles. The van der Waals surface area contributed by atoms with Crippen molar-refractivity contribution in [1.82, 2.24) is 10.4 Å². The van der Waals surface area contributed by atoms with E-state index in [1.165, 1.54) is 51.0 Å². The Bertz CT molecular complexity index is 1030. The van der Waals surface area contributed by atoms with Gasteiger partial charge in [0.25, 0.3) is 5.91 Å². The van der Waals surface area contributed by atoms with Crippen LogP contribution in [-0.4, -0.2) is 38.4 Å². The molecular formula is C20H19ClN4O4S. The zero-order valence-corrected chi connectivity index (χ0v) is 18.0. The molecule has 0 spiro atoms. The monoisotopic (exact) mass is 446 g/mol. The van der Waals surface area contributed by atoms with Gasteiger partial charge in [0, 0.05) is 11.3 Å². The van der Waals surface area contributed by atoms with Crippen LogP contribution in [0.4, 0.5) is 10.8 Å². The van der Waals surface area contributed by atoms with Gasteiger partial charge in [0.15, 0.2) is 21.8 Å². The van der Waals surface area contributed by atoms with Gasteiger partial charge >= 0.3 is 0 Å². The van der Waals surface area contributed by atoms with Crippen molar-refractivity contribution in [2.24, 2.45) is 5.10 Å². The minimum absolute atomic E-state index is 0.282. The minimum Gasteiger partial charge on any atom is -0.493 e. The predicted molar refractivity (Wildman–Crippen MR) is 118 cm³/mol. The van der Waals surface area contributed by atoms with E-state index in [-0.39, 0.29) is 5.15 Å². The number of rotatable bonds is 8. The van der Waals surface area contributed by atoms with E-state index in [2.05, 4.69) is 20.8 Å². The number of hydrogen-bond acceptors (Lipinski definition) is 8. The van der Waals surface area contributed by atoms with Gasteiger partial charge in [-0.2, -0.15) is 5.10 Å². The van der Waals surface area contributed by atoms with Crippen molar-refractivity contribution < 1.29 is 19.0 Å². The summed E-state index contributed by atoms with van der Waals surface area (Å²) in [6, 6.07) is 12.7. The number of amides is 1. The average molecular weight is 447 g/mol. The van der Waals surface area contributed by atoms with Gasteiger partial charge < -0.3 is 19.5 Å². The number of nitrogens with one attached hydrogen (secondary N) is 2. The Hall–Kier alpha value is -3.30. The largest absolute Gasteiger partial charge is 0.493 e. The molecule has 1 heterocycles. The van der Waals surface area contributed by atoms with E-state index in [1.54, 1.807) is 0 Å². The van der Waals surface area contributed by atoms with Crippen LogP contribution in [-0.2, 0) is 0 Å². The number of methoxy groups -OCH3 is 3. The minimum atomic E-state index is -0.450. The number of thiazole rings is 1. The summed E-state index contributed by atoms with van der Waals surface area (Å²) in [5.74, 6) is 0.685. The lowest BCUT2D eigenvalue weighted by molar-refractivity contribution is 0.0954. The summed E-state index contributed by atoms with van der Waals surface area (Å²) in [5, 5.41) is 8.03. The fourth-order valence-electron chi connectivity index (χ4n) is 2.52. The molecule has 0 aliphatic carbocycles. The Morgan fingerprint density at radius 3 is 2.37 bits per heavy atom. The van der Waals surface area contributed by atoms with E-state index in [0.29, 0.717) is 32.8 Å². The van der Waals surface area contributed by atoms with E-state index in [0.717, 1.165) is 5.69 Å². The molecule has 1 aromatic heterocycles. The third kappa shape index (κ3) is 5.00. The highest BCUT2D eigenvalue weighted by Crippen LogP contribution is 2.38. The van der Waals surface area contributed by atoms with Gasteiger partial charge in [-0.25, -0.2) is 10.4 Å². The summed E-state index contributed by atoms with van der Waals surface area (Å²) in [6.45, 7) is 0. The highest BCUT2D eigenvalue weighted by molar-refractivity contribution is 7.17. The van der Waals surface area contributed by atoms with Gasteiger partial charge in [0.05, 0.1) is 32.4 Å². The molecule has 1 amide bonds. The Balaban J connectivity index is 1.70. The number of carbonyl (C=O) groups is 1. The number of anilines is 2. The topological polar surface area (TPSA) is 94.1 Å². The molecule has 8 nitrogen and oxygen atoms in total. The normalized spacial score (nSPS) is 10.7. The summed E-state index contributed by atoms with van der Waals surface area (Å²) in [7, 11) is 4.44. The summed E-state index contributed by atoms with van der Waals surface area (Å²) in [5.41, 5.74) is 3.64. The first-order chi connectivity index (χ1) is 14.5. The van der Waals surface area contributed by atoms with E-state index >= 15 is 0 Å².